The molecule has 1 N–H and O–H groups in total. The number of hydrogen-bond acceptors (Lipinski definition) is 1. The lowest BCUT2D eigenvalue weighted by Gasteiger charge is -2.56. The van der Waals surface area contributed by atoms with Crippen molar-refractivity contribution in [3.63, 3.8) is 0 Å². The minimum absolute atomic E-state index is 0.144. The van der Waals surface area contributed by atoms with E-state index in [2.05, 4.69) is 26.0 Å². The first-order valence-corrected chi connectivity index (χ1v) is 5.84. The second-order valence-electron chi connectivity index (χ2n) is 5.55. The lowest BCUT2D eigenvalue weighted by atomic mass is 9.45. The molecule has 2 aliphatic rings. The van der Waals surface area contributed by atoms with Crippen molar-refractivity contribution in [2.24, 2.45) is 11.3 Å². The van der Waals surface area contributed by atoms with Crippen LogP contribution in [0.3, 0.4) is 0 Å². The van der Waals surface area contributed by atoms with E-state index in [1.54, 1.807) is 0 Å². The predicted octanol–water partition coefficient (Wildman–Crippen LogP) is 2.61. The van der Waals surface area contributed by atoms with Crippen molar-refractivity contribution in [2.75, 3.05) is 0 Å². The topological polar surface area (TPSA) is 37.3 Å². The van der Waals surface area contributed by atoms with Crippen LogP contribution in [0.1, 0.15) is 31.4 Å². The molecule has 3 rings (SSSR count). The van der Waals surface area contributed by atoms with Crippen LogP contribution in [0.2, 0.25) is 0 Å². The molecule has 84 valence electrons. The van der Waals surface area contributed by atoms with Gasteiger partial charge in [-0.25, -0.2) is 0 Å². The summed E-state index contributed by atoms with van der Waals surface area (Å²) in [6.45, 7) is 4.19. The fraction of sp³-hybridized carbons (Fsp3) is 0.500. The van der Waals surface area contributed by atoms with Crippen molar-refractivity contribution in [3.8, 4) is 0 Å². The highest BCUT2D eigenvalue weighted by Gasteiger charge is 2.69. The molecule has 0 aliphatic heterocycles. The van der Waals surface area contributed by atoms with Gasteiger partial charge in [0.15, 0.2) is 0 Å². The highest BCUT2D eigenvalue weighted by molar-refractivity contribution is 5.82. The zero-order valence-electron chi connectivity index (χ0n) is 9.66. The Morgan fingerprint density at radius 3 is 2.75 bits per heavy atom. The Kier molecular flexibility index (Phi) is 1.65. The number of aliphatic carboxylic acids is 1. The van der Waals surface area contributed by atoms with Gasteiger partial charge < -0.3 is 5.11 Å². The monoisotopic (exact) mass is 216 g/mol. The Labute approximate surface area is 95.3 Å². The Balaban J connectivity index is 2.21. The molecule has 1 fully saturated rings. The van der Waals surface area contributed by atoms with Crippen molar-refractivity contribution in [1.29, 1.82) is 0 Å². The van der Waals surface area contributed by atoms with Gasteiger partial charge in [-0.2, -0.15) is 0 Å². The van der Waals surface area contributed by atoms with Crippen LogP contribution in [-0.2, 0) is 16.6 Å². The number of carbonyl (C=O) groups is 1. The zero-order valence-corrected chi connectivity index (χ0v) is 9.66. The minimum Gasteiger partial charge on any atom is -0.481 e. The van der Waals surface area contributed by atoms with Gasteiger partial charge in [0.1, 0.15) is 0 Å². The van der Waals surface area contributed by atoms with Crippen LogP contribution in [-0.4, -0.2) is 11.1 Å². The van der Waals surface area contributed by atoms with Crippen LogP contribution in [0.15, 0.2) is 24.3 Å². The van der Waals surface area contributed by atoms with Crippen LogP contribution in [0.4, 0.5) is 0 Å². The molecule has 0 spiro atoms. The van der Waals surface area contributed by atoms with Gasteiger partial charge in [-0.3, -0.25) is 4.79 Å². The number of carboxylic acid groups (broad SMARTS) is 1. The van der Waals surface area contributed by atoms with Crippen molar-refractivity contribution < 1.29 is 9.90 Å². The molecular formula is C14H16O2. The summed E-state index contributed by atoms with van der Waals surface area (Å²) >= 11 is 0. The molecule has 1 aromatic rings. The summed E-state index contributed by atoms with van der Waals surface area (Å²) in [7, 11) is 0. The molecule has 2 nitrogen and oxygen atoms in total. The van der Waals surface area contributed by atoms with Gasteiger partial charge in [0.05, 0.1) is 5.41 Å². The summed E-state index contributed by atoms with van der Waals surface area (Å²) in [5.74, 6) is -0.340. The third kappa shape index (κ3) is 0.796. The first-order valence-electron chi connectivity index (χ1n) is 5.84. The molecule has 0 bridgehead atoms. The molecule has 0 heterocycles. The lowest BCUT2D eigenvalue weighted by molar-refractivity contribution is -0.171. The molecular weight excluding hydrogens is 200 g/mol. The highest BCUT2D eigenvalue weighted by Crippen LogP contribution is 2.67. The van der Waals surface area contributed by atoms with E-state index in [4.69, 9.17) is 0 Å². The van der Waals surface area contributed by atoms with Crippen molar-refractivity contribution in [2.45, 2.75) is 32.1 Å². The number of fused-ring (bicyclic) bond motifs is 3. The average molecular weight is 216 g/mol. The Bertz CT molecular complexity index is 479. The van der Waals surface area contributed by atoms with E-state index in [1.165, 1.54) is 11.1 Å². The molecule has 3 atom stereocenters. The van der Waals surface area contributed by atoms with Gasteiger partial charge in [-0.1, -0.05) is 38.1 Å². The van der Waals surface area contributed by atoms with Crippen molar-refractivity contribution in [1.82, 2.24) is 0 Å². The zero-order chi connectivity index (χ0) is 11.6. The number of rotatable bonds is 1. The summed E-state index contributed by atoms with van der Waals surface area (Å²) < 4.78 is 0. The van der Waals surface area contributed by atoms with E-state index in [9.17, 15) is 9.90 Å². The quantitative estimate of drug-likeness (QED) is 0.783. The van der Waals surface area contributed by atoms with E-state index in [0.717, 1.165) is 6.42 Å². The van der Waals surface area contributed by atoms with Gasteiger partial charge in [0.2, 0.25) is 0 Å². The van der Waals surface area contributed by atoms with Gasteiger partial charge in [0, 0.05) is 5.41 Å². The summed E-state index contributed by atoms with van der Waals surface area (Å²) in [5, 5.41) is 9.60. The lowest BCUT2D eigenvalue weighted by Crippen LogP contribution is -2.61. The van der Waals surface area contributed by atoms with Crippen LogP contribution in [0.5, 0.6) is 0 Å². The number of hydrogen-bond donors (Lipinski definition) is 1. The molecule has 0 amide bonds. The van der Waals surface area contributed by atoms with Gasteiger partial charge in [-0.15, -0.1) is 0 Å². The maximum Gasteiger partial charge on any atom is 0.311 e. The fourth-order valence-electron chi connectivity index (χ4n) is 4.14. The second-order valence-corrected chi connectivity index (χ2v) is 5.55. The van der Waals surface area contributed by atoms with E-state index in [0.29, 0.717) is 6.42 Å². The Hall–Kier alpha value is -1.31. The molecule has 0 saturated heterocycles. The smallest absolute Gasteiger partial charge is 0.311 e. The predicted molar refractivity (Wildman–Crippen MR) is 61.3 cm³/mol. The molecule has 3 unspecified atom stereocenters. The van der Waals surface area contributed by atoms with Gasteiger partial charge >= 0.3 is 5.97 Å². The third-order valence-electron chi connectivity index (χ3n) is 5.00. The Morgan fingerprint density at radius 2 is 2.12 bits per heavy atom. The van der Waals surface area contributed by atoms with Crippen molar-refractivity contribution >= 4 is 5.97 Å². The van der Waals surface area contributed by atoms with Crippen LogP contribution in [0, 0.1) is 11.3 Å². The standard InChI is InChI=1S/C14H16O2/c1-9-7-13(2)11-6-4-3-5-10(11)8-14(9,13)12(15)16/h3-6,9H,7-8H2,1-2H3,(H,15,16). The first-order chi connectivity index (χ1) is 7.52. The average Bonchev–Trinajstić information content (AvgIpc) is 2.45. The molecule has 2 aliphatic carbocycles. The minimum atomic E-state index is -0.620. The highest BCUT2D eigenvalue weighted by atomic mass is 16.4. The molecule has 16 heavy (non-hydrogen) atoms. The molecule has 1 saturated carbocycles. The van der Waals surface area contributed by atoms with E-state index >= 15 is 0 Å². The van der Waals surface area contributed by atoms with Crippen LogP contribution < -0.4 is 0 Å². The van der Waals surface area contributed by atoms with Crippen molar-refractivity contribution in [3.05, 3.63) is 35.4 Å². The molecule has 1 aromatic carbocycles. The normalized spacial score (nSPS) is 39.8. The molecule has 0 radical (unpaired) electrons. The van der Waals surface area contributed by atoms with Gasteiger partial charge in [0.25, 0.3) is 0 Å². The Morgan fingerprint density at radius 1 is 1.44 bits per heavy atom. The second kappa shape index (κ2) is 2.68. The third-order valence-corrected chi connectivity index (χ3v) is 5.00. The first kappa shape index (κ1) is 9.88. The number of carboxylic acids is 1. The molecule has 0 aromatic heterocycles. The fourth-order valence-corrected chi connectivity index (χ4v) is 4.14. The van der Waals surface area contributed by atoms with E-state index < -0.39 is 11.4 Å². The summed E-state index contributed by atoms with van der Waals surface area (Å²) in [6, 6.07) is 8.21. The van der Waals surface area contributed by atoms with E-state index in [1.807, 2.05) is 12.1 Å². The molecule has 2 heteroatoms. The van der Waals surface area contributed by atoms with Crippen LogP contribution >= 0.6 is 0 Å². The maximum atomic E-state index is 11.7. The summed E-state index contributed by atoms with van der Waals surface area (Å²) in [6.07, 6.45) is 1.70. The van der Waals surface area contributed by atoms with Crippen LogP contribution in [0.25, 0.3) is 0 Å². The maximum absolute atomic E-state index is 11.7. The van der Waals surface area contributed by atoms with E-state index in [-0.39, 0.29) is 11.3 Å². The summed E-state index contributed by atoms with van der Waals surface area (Å²) in [4.78, 5) is 11.7. The SMILES string of the molecule is CC1CC2(C)c3ccccc3CC12C(=O)O. The number of benzene rings is 1. The largest absolute Gasteiger partial charge is 0.481 e. The van der Waals surface area contributed by atoms with Gasteiger partial charge in [-0.05, 0) is 29.9 Å². The summed E-state index contributed by atoms with van der Waals surface area (Å²) in [5.41, 5.74) is 1.80.